The summed E-state index contributed by atoms with van der Waals surface area (Å²) in [5.74, 6) is 0. The second kappa shape index (κ2) is 10.1. The predicted octanol–water partition coefficient (Wildman–Crippen LogP) is 8.26. The first kappa shape index (κ1) is 24.4. The molecular weight excluding hydrogens is 463 g/mol. The molecular formula is C35H31BO2. The smallest absolute Gasteiger partial charge is 0.402 e. The molecule has 1 heterocycles. The van der Waals surface area contributed by atoms with E-state index in [0.29, 0.717) is 0 Å². The molecule has 5 aromatic carbocycles. The molecule has 1 atom stereocenters. The maximum Gasteiger partial charge on any atom is 0.494 e. The van der Waals surface area contributed by atoms with Gasteiger partial charge in [0.1, 0.15) is 0 Å². The highest BCUT2D eigenvalue weighted by atomic mass is 16.7. The molecule has 0 bridgehead atoms. The quantitative estimate of drug-likeness (QED) is 0.229. The van der Waals surface area contributed by atoms with E-state index in [0.717, 1.165) is 11.0 Å². The van der Waals surface area contributed by atoms with Crippen LogP contribution in [0.2, 0.25) is 0 Å². The third-order valence-corrected chi connectivity index (χ3v) is 7.60. The molecule has 0 aromatic heterocycles. The van der Waals surface area contributed by atoms with Crippen LogP contribution in [0, 0.1) is 0 Å². The summed E-state index contributed by atoms with van der Waals surface area (Å²) in [6.45, 7) is 6.23. The number of hydrogen-bond acceptors (Lipinski definition) is 2. The van der Waals surface area contributed by atoms with Gasteiger partial charge in [0, 0.05) is 0 Å². The van der Waals surface area contributed by atoms with E-state index in [1.54, 1.807) is 0 Å². The topological polar surface area (TPSA) is 18.5 Å². The molecule has 1 aliphatic heterocycles. The Hall–Kier alpha value is -3.92. The largest absolute Gasteiger partial charge is 0.494 e. The van der Waals surface area contributed by atoms with Crippen molar-refractivity contribution in [2.75, 3.05) is 0 Å². The molecule has 2 nitrogen and oxygen atoms in total. The van der Waals surface area contributed by atoms with Gasteiger partial charge in [-0.1, -0.05) is 115 Å². The summed E-state index contributed by atoms with van der Waals surface area (Å²) < 4.78 is 12.3. The third kappa shape index (κ3) is 4.72. The number of benzene rings is 5. The van der Waals surface area contributed by atoms with Crippen LogP contribution in [0.5, 0.6) is 0 Å². The van der Waals surface area contributed by atoms with E-state index >= 15 is 0 Å². The van der Waals surface area contributed by atoms with E-state index in [9.17, 15) is 0 Å². The zero-order valence-electron chi connectivity index (χ0n) is 22.1. The van der Waals surface area contributed by atoms with Crippen molar-refractivity contribution in [2.45, 2.75) is 32.5 Å². The fraction of sp³-hybridized carbons (Fsp3) is 0.143. The summed E-state index contributed by atoms with van der Waals surface area (Å²) in [7, 11) is -0.339. The zero-order chi connectivity index (χ0) is 26.1. The van der Waals surface area contributed by atoms with Crippen LogP contribution < -0.4 is 5.46 Å². The summed E-state index contributed by atoms with van der Waals surface area (Å²) in [5, 5.41) is 0. The Bertz CT molecular complexity index is 1470. The Labute approximate surface area is 226 Å². The van der Waals surface area contributed by atoms with Gasteiger partial charge < -0.3 is 9.31 Å². The van der Waals surface area contributed by atoms with Crippen molar-refractivity contribution in [3.63, 3.8) is 0 Å². The van der Waals surface area contributed by atoms with Crippen LogP contribution in [0.1, 0.15) is 20.8 Å². The molecule has 1 saturated heterocycles. The Morgan fingerprint density at radius 3 is 1.47 bits per heavy atom. The molecule has 1 fully saturated rings. The van der Waals surface area contributed by atoms with E-state index in [4.69, 9.17) is 9.31 Å². The molecule has 3 heteroatoms. The minimum Gasteiger partial charge on any atom is -0.402 e. The molecule has 186 valence electrons. The van der Waals surface area contributed by atoms with Gasteiger partial charge in [0.25, 0.3) is 0 Å². The van der Waals surface area contributed by atoms with Crippen LogP contribution in [0.15, 0.2) is 127 Å². The summed E-state index contributed by atoms with van der Waals surface area (Å²) >= 11 is 0. The van der Waals surface area contributed by atoms with Crippen molar-refractivity contribution < 1.29 is 9.31 Å². The number of hydrogen-bond donors (Lipinski definition) is 0. The SMILES string of the molecule is CC1OB(c2ccc(-c3cc(-c4ccccc4)c(-c4ccccc4)c(-c4ccccc4)c3)cc2)OC1(C)C. The van der Waals surface area contributed by atoms with Crippen LogP contribution in [0.3, 0.4) is 0 Å². The number of rotatable bonds is 5. The van der Waals surface area contributed by atoms with Crippen molar-refractivity contribution in [3.05, 3.63) is 127 Å². The Kier molecular flexibility index (Phi) is 6.49. The van der Waals surface area contributed by atoms with Crippen LogP contribution in [0.25, 0.3) is 44.5 Å². The molecule has 38 heavy (non-hydrogen) atoms. The first-order valence-electron chi connectivity index (χ1n) is 13.3. The molecule has 6 rings (SSSR count). The van der Waals surface area contributed by atoms with E-state index < -0.39 is 0 Å². The average molecular weight is 494 g/mol. The summed E-state index contributed by atoms with van der Waals surface area (Å²) in [4.78, 5) is 0. The Balaban J connectivity index is 1.51. The monoisotopic (exact) mass is 494 g/mol. The standard InChI is InChI=1S/C35H31BO2/c1-25-35(2,3)38-36(37-25)31-21-19-26(20-22-31)30-23-32(27-13-7-4-8-14-27)34(29-17-11-6-12-18-29)33(24-30)28-15-9-5-10-16-28/h4-25H,1-3H3. The summed E-state index contributed by atoms with van der Waals surface area (Å²) in [5.41, 5.74) is 10.4. The first-order valence-corrected chi connectivity index (χ1v) is 13.3. The van der Waals surface area contributed by atoms with E-state index in [1.807, 2.05) is 0 Å². The average Bonchev–Trinajstić information content (AvgIpc) is 3.25. The fourth-order valence-electron chi connectivity index (χ4n) is 5.14. The van der Waals surface area contributed by atoms with Crippen LogP contribution >= 0.6 is 0 Å². The maximum atomic E-state index is 6.19. The molecule has 1 aliphatic rings. The van der Waals surface area contributed by atoms with Crippen LogP contribution in [-0.2, 0) is 9.31 Å². The van der Waals surface area contributed by atoms with Gasteiger partial charge in [0.15, 0.2) is 0 Å². The van der Waals surface area contributed by atoms with Crippen molar-refractivity contribution in [3.8, 4) is 44.5 Å². The normalized spacial score (nSPS) is 16.5. The molecule has 0 radical (unpaired) electrons. The Morgan fingerprint density at radius 1 is 0.553 bits per heavy atom. The van der Waals surface area contributed by atoms with Crippen LogP contribution in [0.4, 0.5) is 0 Å². The van der Waals surface area contributed by atoms with E-state index in [2.05, 4.69) is 148 Å². The van der Waals surface area contributed by atoms with Gasteiger partial charge >= 0.3 is 7.12 Å². The lowest BCUT2D eigenvalue weighted by Crippen LogP contribution is -2.34. The van der Waals surface area contributed by atoms with Crippen molar-refractivity contribution in [2.24, 2.45) is 0 Å². The van der Waals surface area contributed by atoms with Gasteiger partial charge in [-0.25, -0.2) is 0 Å². The lowest BCUT2D eigenvalue weighted by atomic mass is 9.78. The molecule has 0 N–H and O–H groups in total. The maximum absolute atomic E-state index is 6.19. The minimum absolute atomic E-state index is 0.0413. The molecule has 1 unspecified atom stereocenters. The molecule has 0 saturated carbocycles. The molecule has 0 amide bonds. The first-order chi connectivity index (χ1) is 18.5. The van der Waals surface area contributed by atoms with Gasteiger partial charge in [-0.2, -0.15) is 0 Å². The molecule has 0 spiro atoms. The van der Waals surface area contributed by atoms with Crippen molar-refractivity contribution >= 4 is 12.6 Å². The summed E-state index contributed by atoms with van der Waals surface area (Å²) in [6, 6.07) is 45.3. The highest BCUT2D eigenvalue weighted by Gasteiger charge is 2.43. The Morgan fingerprint density at radius 2 is 1.03 bits per heavy atom. The third-order valence-electron chi connectivity index (χ3n) is 7.60. The highest BCUT2D eigenvalue weighted by Crippen LogP contribution is 2.43. The lowest BCUT2D eigenvalue weighted by molar-refractivity contribution is 0.0842. The van der Waals surface area contributed by atoms with E-state index in [-0.39, 0.29) is 18.8 Å². The van der Waals surface area contributed by atoms with Gasteiger partial charge in [0.05, 0.1) is 11.7 Å². The van der Waals surface area contributed by atoms with Crippen molar-refractivity contribution in [1.82, 2.24) is 0 Å². The predicted molar refractivity (Wildman–Crippen MR) is 159 cm³/mol. The lowest BCUT2D eigenvalue weighted by Gasteiger charge is -2.21. The molecule has 5 aromatic rings. The van der Waals surface area contributed by atoms with Gasteiger partial charge in [-0.3, -0.25) is 0 Å². The fourth-order valence-corrected chi connectivity index (χ4v) is 5.14. The molecule has 0 aliphatic carbocycles. The summed E-state index contributed by atoms with van der Waals surface area (Å²) in [6.07, 6.45) is 0.0413. The second-order valence-corrected chi connectivity index (χ2v) is 10.5. The van der Waals surface area contributed by atoms with Gasteiger partial charge in [-0.05, 0) is 82.9 Å². The van der Waals surface area contributed by atoms with Gasteiger partial charge in [0.2, 0.25) is 0 Å². The van der Waals surface area contributed by atoms with E-state index in [1.165, 1.54) is 38.9 Å². The van der Waals surface area contributed by atoms with Crippen molar-refractivity contribution in [1.29, 1.82) is 0 Å². The highest BCUT2D eigenvalue weighted by molar-refractivity contribution is 6.62. The second-order valence-electron chi connectivity index (χ2n) is 10.5. The van der Waals surface area contributed by atoms with Crippen LogP contribution in [-0.4, -0.2) is 18.8 Å². The zero-order valence-corrected chi connectivity index (χ0v) is 22.1. The van der Waals surface area contributed by atoms with Gasteiger partial charge in [-0.15, -0.1) is 0 Å². The minimum atomic E-state index is -0.339.